The minimum absolute atomic E-state index is 0.458. The van der Waals surface area contributed by atoms with E-state index in [4.69, 9.17) is 16.1 Å². The number of nitrogens with zero attached hydrogens (tertiary/aromatic N) is 1. The molecule has 2 aromatic rings. The van der Waals surface area contributed by atoms with E-state index in [2.05, 4.69) is 5.16 Å². The fourth-order valence-corrected chi connectivity index (χ4v) is 1.37. The Balaban J connectivity index is 2.33. The van der Waals surface area contributed by atoms with Crippen molar-refractivity contribution in [3.8, 4) is 11.3 Å². The van der Waals surface area contributed by atoms with Crippen LogP contribution in [0.3, 0.4) is 0 Å². The first-order chi connectivity index (χ1) is 7.16. The molecule has 0 saturated heterocycles. The van der Waals surface area contributed by atoms with Crippen molar-refractivity contribution in [2.75, 3.05) is 0 Å². The summed E-state index contributed by atoms with van der Waals surface area (Å²) < 4.78 is 4.98. The van der Waals surface area contributed by atoms with E-state index in [0.29, 0.717) is 16.5 Å². The monoisotopic (exact) mass is 223 g/mol. The van der Waals surface area contributed by atoms with Crippen molar-refractivity contribution in [3.05, 3.63) is 41.1 Å². The minimum Gasteiger partial charge on any atom is -0.385 e. The molecule has 1 N–H and O–H groups in total. The predicted molar refractivity (Wildman–Crippen MR) is 57.6 cm³/mol. The number of hydrogen-bond acceptors (Lipinski definition) is 3. The van der Waals surface area contributed by atoms with Gasteiger partial charge in [-0.2, -0.15) is 0 Å². The summed E-state index contributed by atoms with van der Waals surface area (Å²) in [6.45, 7) is 1.63. The lowest BCUT2D eigenvalue weighted by Gasteiger charge is -1.95. The number of aliphatic hydroxyl groups is 1. The SMILES string of the molecule is C[C@H](O)c1cc(-c2ccc(Cl)cc2)no1. The maximum Gasteiger partial charge on any atom is 0.165 e. The van der Waals surface area contributed by atoms with Crippen LogP contribution >= 0.6 is 11.6 Å². The van der Waals surface area contributed by atoms with Crippen molar-refractivity contribution in [2.45, 2.75) is 13.0 Å². The Morgan fingerprint density at radius 3 is 2.53 bits per heavy atom. The highest BCUT2D eigenvalue weighted by Crippen LogP contribution is 2.23. The lowest BCUT2D eigenvalue weighted by molar-refractivity contribution is 0.158. The molecule has 0 saturated carbocycles. The Morgan fingerprint density at radius 2 is 2.00 bits per heavy atom. The molecule has 1 aromatic carbocycles. The zero-order chi connectivity index (χ0) is 10.8. The molecule has 0 amide bonds. The van der Waals surface area contributed by atoms with E-state index < -0.39 is 6.10 Å². The summed E-state index contributed by atoms with van der Waals surface area (Å²) in [4.78, 5) is 0. The van der Waals surface area contributed by atoms with Gasteiger partial charge in [-0.05, 0) is 19.1 Å². The van der Waals surface area contributed by atoms with Crippen LogP contribution in [0, 0.1) is 0 Å². The van der Waals surface area contributed by atoms with E-state index in [1.165, 1.54) is 0 Å². The van der Waals surface area contributed by atoms with Crippen molar-refractivity contribution in [3.63, 3.8) is 0 Å². The lowest BCUT2D eigenvalue weighted by Crippen LogP contribution is -1.85. The predicted octanol–water partition coefficient (Wildman–Crippen LogP) is 3.05. The summed E-state index contributed by atoms with van der Waals surface area (Å²) in [6.07, 6.45) is -0.640. The summed E-state index contributed by atoms with van der Waals surface area (Å²) in [5, 5.41) is 13.8. The summed E-state index contributed by atoms with van der Waals surface area (Å²) in [5.41, 5.74) is 1.61. The molecule has 15 heavy (non-hydrogen) atoms. The Hall–Kier alpha value is -1.32. The van der Waals surface area contributed by atoms with Crippen LogP contribution in [0.1, 0.15) is 18.8 Å². The average Bonchev–Trinajstić information content (AvgIpc) is 2.68. The number of hydrogen-bond donors (Lipinski definition) is 1. The fraction of sp³-hybridized carbons (Fsp3) is 0.182. The molecule has 1 atom stereocenters. The van der Waals surface area contributed by atoms with Gasteiger partial charge < -0.3 is 9.63 Å². The molecule has 0 bridgehead atoms. The Morgan fingerprint density at radius 1 is 1.33 bits per heavy atom. The molecule has 0 radical (unpaired) electrons. The van der Waals surface area contributed by atoms with Crippen molar-refractivity contribution in [1.29, 1.82) is 0 Å². The first-order valence-corrected chi connectivity index (χ1v) is 4.95. The number of aromatic nitrogens is 1. The third kappa shape index (κ3) is 2.19. The first kappa shape index (κ1) is 10.2. The zero-order valence-corrected chi connectivity index (χ0v) is 8.90. The van der Waals surface area contributed by atoms with Gasteiger partial charge in [0.1, 0.15) is 11.8 Å². The number of aliphatic hydroxyl groups excluding tert-OH is 1. The highest BCUT2D eigenvalue weighted by atomic mass is 35.5. The summed E-state index contributed by atoms with van der Waals surface area (Å²) in [6, 6.07) is 8.99. The largest absolute Gasteiger partial charge is 0.385 e. The molecule has 0 spiro atoms. The molecular formula is C11H10ClNO2. The quantitative estimate of drug-likeness (QED) is 0.851. The van der Waals surface area contributed by atoms with Crippen molar-refractivity contribution >= 4 is 11.6 Å². The van der Waals surface area contributed by atoms with E-state index in [1.807, 2.05) is 12.1 Å². The van der Waals surface area contributed by atoms with Gasteiger partial charge in [0.2, 0.25) is 0 Å². The molecule has 1 aromatic heterocycles. The molecule has 0 unspecified atom stereocenters. The molecule has 2 rings (SSSR count). The number of benzene rings is 1. The van der Waals surface area contributed by atoms with Gasteiger partial charge in [0.15, 0.2) is 5.76 Å². The number of rotatable bonds is 2. The second-order valence-corrected chi connectivity index (χ2v) is 3.73. The maximum absolute atomic E-state index is 9.27. The highest BCUT2D eigenvalue weighted by Gasteiger charge is 2.10. The fourth-order valence-electron chi connectivity index (χ4n) is 1.24. The standard InChI is InChI=1S/C11H10ClNO2/c1-7(14)11-6-10(13-15-11)8-2-4-9(12)5-3-8/h2-7,14H,1H3/t7-/m0/s1. The van der Waals surface area contributed by atoms with E-state index in [-0.39, 0.29) is 0 Å². The normalized spacial score (nSPS) is 12.7. The molecule has 0 aliphatic rings. The van der Waals surface area contributed by atoms with Crippen LogP contribution in [0.2, 0.25) is 5.02 Å². The highest BCUT2D eigenvalue weighted by molar-refractivity contribution is 6.30. The van der Waals surface area contributed by atoms with Crippen LogP contribution in [0.25, 0.3) is 11.3 Å². The van der Waals surface area contributed by atoms with Gasteiger partial charge in [0.25, 0.3) is 0 Å². The van der Waals surface area contributed by atoms with Crippen LogP contribution in [-0.2, 0) is 0 Å². The van der Waals surface area contributed by atoms with Crippen molar-refractivity contribution < 1.29 is 9.63 Å². The van der Waals surface area contributed by atoms with Gasteiger partial charge in [-0.3, -0.25) is 0 Å². The molecule has 1 heterocycles. The maximum atomic E-state index is 9.27. The van der Waals surface area contributed by atoms with E-state index in [9.17, 15) is 5.11 Å². The summed E-state index contributed by atoms with van der Waals surface area (Å²) in [5.74, 6) is 0.458. The van der Waals surface area contributed by atoms with Gasteiger partial charge in [-0.25, -0.2) is 0 Å². The molecular weight excluding hydrogens is 214 g/mol. The zero-order valence-electron chi connectivity index (χ0n) is 8.14. The number of halogens is 1. The third-order valence-electron chi connectivity index (χ3n) is 2.08. The van der Waals surface area contributed by atoms with Crippen LogP contribution in [0.15, 0.2) is 34.9 Å². The first-order valence-electron chi connectivity index (χ1n) is 4.57. The van der Waals surface area contributed by atoms with Crippen LogP contribution in [0.4, 0.5) is 0 Å². The van der Waals surface area contributed by atoms with E-state index in [1.54, 1.807) is 25.1 Å². The molecule has 4 heteroatoms. The van der Waals surface area contributed by atoms with Gasteiger partial charge in [-0.15, -0.1) is 0 Å². The summed E-state index contributed by atoms with van der Waals surface area (Å²) >= 11 is 5.77. The molecule has 0 aliphatic heterocycles. The molecule has 0 aliphatic carbocycles. The summed E-state index contributed by atoms with van der Waals surface area (Å²) in [7, 11) is 0. The third-order valence-corrected chi connectivity index (χ3v) is 2.33. The van der Waals surface area contributed by atoms with Gasteiger partial charge in [0, 0.05) is 16.7 Å². The Kier molecular flexibility index (Phi) is 2.75. The molecule has 78 valence electrons. The van der Waals surface area contributed by atoms with Crippen LogP contribution < -0.4 is 0 Å². The van der Waals surface area contributed by atoms with Gasteiger partial charge in [-0.1, -0.05) is 28.9 Å². The van der Waals surface area contributed by atoms with E-state index >= 15 is 0 Å². The van der Waals surface area contributed by atoms with E-state index in [0.717, 1.165) is 5.56 Å². The van der Waals surface area contributed by atoms with Crippen LogP contribution in [0.5, 0.6) is 0 Å². The second kappa shape index (κ2) is 4.04. The lowest BCUT2D eigenvalue weighted by atomic mass is 10.1. The topological polar surface area (TPSA) is 46.3 Å². The van der Waals surface area contributed by atoms with Crippen LogP contribution in [-0.4, -0.2) is 10.3 Å². The average molecular weight is 224 g/mol. The Labute approximate surface area is 92.3 Å². The van der Waals surface area contributed by atoms with Gasteiger partial charge in [0.05, 0.1) is 0 Å². The van der Waals surface area contributed by atoms with Crippen molar-refractivity contribution in [2.24, 2.45) is 0 Å². The second-order valence-electron chi connectivity index (χ2n) is 3.30. The minimum atomic E-state index is -0.640. The molecule has 0 fully saturated rings. The Bertz CT molecular complexity index is 448. The molecule has 3 nitrogen and oxygen atoms in total. The van der Waals surface area contributed by atoms with Crippen molar-refractivity contribution in [1.82, 2.24) is 5.16 Å². The van der Waals surface area contributed by atoms with Gasteiger partial charge >= 0.3 is 0 Å². The smallest absolute Gasteiger partial charge is 0.165 e.